The molecule has 2 aromatic heterocycles. The summed E-state index contributed by atoms with van der Waals surface area (Å²) in [6, 6.07) is 6.56. The summed E-state index contributed by atoms with van der Waals surface area (Å²) in [6.45, 7) is 6.23. The first-order valence-corrected chi connectivity index (χ1v) is 6.07. The van der Waals surface area contributed by atoms with Gasteiger partial charge < -0.3 is 9.88 Å². The molecule has 17 heavy (non-hydrogen) atoms. The first-order valence-electron chi connectivity index (χ1n) is 6.07. The second-order valence-electron chi connectivity index (χ2n) is 4.24. The number of aryl methyl sites for hydroxylation is 1. The van der Waals surface area contributed by atoms with Crippen LogP contribution in [-0.4, -0.2) is 9.55 Å². The predicted molar refractivity (Wildman–Crippen MR) is 69.6 cm³/mol. The van der Waals surface area contributed by atoms with E-state index in [1.165, 1.54) is 11.1 Å². The Balaban J connectivity index is 1.90. The van der Waals surface area contributed by atoms with E-state index in [4.69, 9.17) is 0 Å². The molecule has 3 heteroatoms. The SMILES string of the molecule is CCn1ccc(CN[C@@H](C)c2cccnc2)c1. The van der Waals surface area contributed by atoms with Gasteiger partial charge in [-0.3, -0.25) is 4.98 Å². The lowest BCUT2D eigenvalue weighted by atomic mass is 10.1. The number of nitrogens with zero attached hydrogens (tertiary/aromatic N) is 2. The first kappa shape index (κ1) is 11.9. The molecule has 0 unspecified atom stereocenters. The van der Waals surface area contributed by atoms with E-state index in [1.807, 2.05) is 12.3 Å². The monoisotopic (exact) mass is 229 g/mol. The molecule has 0 fully saturated rings. The summed E-state index contributed by atoms with van der Waals surface area (Å²) in [5.41, 5.74) is 2.55. The van der Waals surface area contributed by atoms with Crippen LogP contribution in [0, 0.1) is 0 Å². The van der Waals surface area contributed by atoms with Crippen LogP contribution in [0.1, 0.15) is 31.0 Å². The summed E-state index contributed by atoms with van der Waals surface area (Å²) in [4.78, 5) is 4.13. The normalized spacial score (nSPS) is 12.6. The van der Waals surface area contributed by atoms with Gasteiger partial charge in [-0.2, -0.15) is 0 Å². The van der Waals surface area contributed by atoms with E-state index >= 15 is 0 Å². The van der Waals surface area contributed by atoms with Gasteiger partial charge in [0.05, 0.1) is 0 Å². The smallest absolute Gasteiger partial charge is 0.0315 e. The zero-order chi connectivity index (χ0) is 12.1. The molecule has 0 aliphatic heterocycles. The Bertz CT molecular complexity index is 448. The third-order valence-electron chi connectivity index (χ3n) is 2.97. The third kappa shape index (κ3) is 3.17. The third-order valence-corrected chi connectivity index (χ3v) is 2.97. The maximum Gasteiger partial charge on any atom is 0.0315 e. The highest BCUT2D eigenvalue weighted by Crippen LogP contribution is 2.11. The van der Waals surface area contributed by atoms with Gasteiger partial charge in [0, 0.05) is 43.9 Å². The minimum absolute atomic E-state index is 0.327. The fourth-order valence-corrected chi connectivity index (χ4v) is 1.81. The molecule has 2 aromatic rings. The lowest BCUT2D eigenvalue weighted by Gasteiger charge is -2.12. The molecule has 2 rings (SSSR count). The standard InChI is InChI=1S/C14H19N3/c1-3-17-8-6-13(11-17)9-16-12(2)14-5-4-7-15-10-14/h4-8,10-12,16H,3,9H2,1-2H3/t12-/m0/s1. The first-order chi connectivity index (χ1) is 8.29. The van der Waals surface area contributed by atoms with Gasteiger partial charge in [-0.25, -0.2) is 0 Å². The highest BCUT2D eigenvalue weighted by Gasteiger charge is 2.04. The van der Waals surface area contributed by atoms with Crippen LogP contribution in [0.25, 0.3) is 0 Å². The second kappa shape index (κ2) is 5.64. The molecule has 0 spiro atoms. The van der Waals surface area contributed by atoms with Gasteiger partial charge in [0.25, 0.3) is 0 Å². The number of rotatable bonds is 5. The molecule has 1 atom stereocenters. The van der Waals surface area contributed by atoms with Crippen molar-refractivity contribution >= 4 is 0 Å². The van der Waals surface area contributed by atoms with Crippen LogP contribution in [0.3, 0.4) is 0 Å². The second-order valence-corrected chi connectivity index (χ2v) is 4.24. The minimum Gasteiger partial charge on any atom is -0.354 e. The Morgan fingerprint density at radius 1 is 1.41 bits per heavy atom. The van der Waals surface area contributed by atoms with E-state index in [1.54, 1.807) is 6.20 Å². The van der Waals surface area contributed by atoms with Gasteiger partial charge in [-0.05, 0) is 37.1 Å². The lowest BCUT2D eigenvalue weighted by Crippen LogP contribution is -2.17. The molecule has 3 nitrogen and oxygen atoms in total. The quantitative estimate of drug-likeness (QED) is 0.854. The van der Waals surface area contributed by atoms with Crippen molar-refractivity contribution in [2.75, 3.05) is 0 Å². The van der Waals surface area contributed by atoms with Gasteiger partial charge in [0.15, 0.2) is 0 Å². The summed E-state index contributed by atoms with van der Waals surface area (Å²) in [6.07, 6.45) is 8.02. The van der Waals surface area contributed by atoms with Crippen molar-refractivity contribution in [2.24, 2.45) is 0 Å². The summed E-state index contributed by atoms with van der Waals surface area (Å²) >= 11 is 0. The average Bonchev–Trinajstić information content (AvgIpc) is 2.85. The van der Waals surface area contributed by atoms with Gasteiger partial charge in [-0.1, -0.05) is 6.07 Å². The summed E-state index contributed by atoms with van der Waals surface area (Å²) in [5.74, 6) is 0. The van der Waals surface area contributed by atoms with Crippen molar-refractivity contribution in [2.45, 2.75) is 33.0 Å². The van der Waals surface area contributed by atoms with Crippen LogP contribution in [-0.2, 0) is 13.1 Å². The van der Waals surface area contributed by atoms with Crippen molar-refractivity contribution < 1.29 is 0 Å². The fraction of sp³-hybridized carbons (Fsp3) is 0.357. The highest BCUT2D eigenvalue weighted by atomic mass is 14.9. The van der Waals surface area contributed by atoms with E-state index in [0.29, 0.717) is 6.04 Å². The zero-order valence-electron chi connectivity index (χ0n) is 10.4. The Hall–Kier alpha value is -1.61. The molecule has 0 saturated heterocycles. The summed E-state index contributed by atoms with van der Waals surface area (Å²) in [5, 5.41) is 3.50. The van der Waals surface area contributed by atoms with Crippen molar-refractivity contribution in [3.05, 3.63) is 54.1 Å². The van der Waals surface area contributed by atoms with E-state index in [-0.39, 0.29) is 0 Å². The molecule has 0 aromatic carbocycles. The Labute approximate surface area is 103 Å². The van der Waals surface area contributed by atoms with Crippen molar-refractivity contribution in [1.82, 2.24) is 14.9 Å². The fourth-order valence-electron chi connectivity index (χ4n) is 1.81. The molecule has 0 amide bonds. The van der Waals surface area contributed by atoms with Crippen molar-refractivity contribution in [3.8, 4) is 0 Å². The summed E-state index contributed by atoms with van der Waals surface area (Å²) < 4.78 is 2.19. The number of nitrogens with one attached hydrogen (secondary N) is 1. The predicted octanol–water partition coefficient (Wildman–Crippen LogP) is 2.75. The maximum absolute atomic E-state index is 4.13. The molecule has 1 N–H and O–H groups in total. The minimum atomic E-state index is 0.327. The van der Waals surface area contributed by atoms with Crippen LogP contribution >= 0.6 is 0 Å². The van der Waals surface area contributed by atoms with Crippen molar-refractivity contribution in [1.29, 1.82) is 0 Å². The van der Waals surface area contributed by atoms with E-state index in [9.17, 15) is 0 Å². The van der Waals surface area contributed by atoms with Crippen molar-refractivity contribution in [3.63, 3.8) is 0 Å². The van der Waals surface area contributed by atoms with Crippen LogP contribution in [0.15, 0.2) is 43.0 Å². The molecule has 0 bridgehead atoms. The Morgan fingerprint density at radius 2 is 2.29 bits per heavy atom. The highest BCUT2D eigenvalue weighted by molar-refractivity contribution is 5.14. The number of hydrogen-bond acceptors (Lipinski definition) is 2. The molecular weight excluding hydrogens is 210 g/mol. The van der Waals surface area contributed by atoms with Crippen LogP contribution in [0.4, 0.5) is 0 Å². The Kier molecular flexibility index (Phi) is 3.94. The van der Waals surface area contributed by atoms with E-state index in [0.717, 1.165) is 13.1 Å². The zero-order valence-corrected chi connectivity index (χ0v) is 10.4. The number of pyridine rings is 1. The van der Waals surface area contributed by atoms with Gasteiger partial charge in [-0.15, -0.1) is 0 Å². The van der Waals surface area contributed by atoms with Gasteiger partial charge in [0.2, 0.25) is 0 Å². The van der Waals surface area contributed by atoms with Crippen LogP contribution in [0.2, 0.25) is 0 Å². The molecule has 2 heterocycles. The van der Waals surface area contributed by atoms with E-state index in [2.05, 4.69) is 53.2 Å². The molecular formula is C14H19N3. The number of aromatic nitrogens is 2. The van der Waals surface area contributed by atoms with Gasteiger partial charge in [0.1, 0.15) is 0 Å². The summed E-state index contributed by atoms with van der Waals surface area (Å²) in [7, 11) is 0. The topological polar surface area (TPSA) is 29.9 Å². The average molecular weight is 229 g/mol. The molecule has 90 valence electrons. The molecule has 0 aliphatic carbocycles. The number of hydrogen-bond donors (Lipinski definition) is 1. The largest absolute Gasteiger partial charge is 0.354 e. The molecule has 0 aliphatic rings. The van der Waals surface area contributed by atoms with E-state index < -0.39 is 0 Å². The van der Waals surface area contributed by atoms with Crippen LogP contribution < -0.4 is 5.32 Å². The van der Waals surface area contributed by atoms with Crippen LogP contribution in [0.5, 0.6) is 0 Å². The lowest BCUT2D eigenvalue weighted by molar-refractivity contribution is 0.572. The molecule has 0 saturated carbocycles. The van der Waals surface area contributed by atoms with Gasteiger partial charge >= 0.3 is 0 Å². The maximum atomic E-state index is 4.13. The Morgan fingerprint density at radius 3 is 2.94 bits per heavy atom. The molecule has 0 radical (unpaired) electrons.